The number of carbonyl (C=O) groups is 2. The van der Waals surface area contributed by atoms with E-state index < -0.39 is 16.6 Å². The summed E-state index contributed by atoms with van der Waals surface area (Å²) in [6, 6.07) is 0. The number of amides is 1. The number of nitrogens with zero attached hydrogens (tertiary/aromatic N) is 1. The van der Waals surface area contributed by atoms with Crippen LogP contribution in [0.1, 0.15) is 88.0 Å². The highest BCUT2D eigenvalue weighted by molar-refractivity contribution is 5.76. The van der Waals surface area contributed by atoms with Crippen molar-refractivity contribution in [3.05, 3.63) is 0 Å². The molecule has 1 aliphatic heterocycles. The zero-order valence-electron chi connectivity index (χ0n) is 18.3. The molecule has 5 nitrogen and oxygen atoms in total. The van der Waals surface area contributed by atoms with E-state index in [-0.39, 0.29) is 17.5 Å². The number of esters is 1. The number of likely N-dealkylation sites (tertiary alicyclic amines) is 1. The molecule has 0 spiro atoms. The van der Waals surface area contributed by atoms with Crippen molar-refractivity contribution in [2.45, 2.75) is 99.2 Å². The van der Waals surface area contributed by atoms with E-state index in [4.69, 9.17) is 9.47 Å². The zero-order chi connectivity index (χ0) is 20.4. The lowest BCUT2D eigenvalue weighted by Crippen LogP contribution is -2.51. The first kappa shape index (κ1) is 22.8. The second kappa shape index (κ2) is 7.77. The molecular formula is C21H39NO4. The molecule has 5 heteroatoms. The van der Waals surface area contributed by atoms with E-state index in [2.05, 4.69) is 27.7 Å². The van der Waals surface area contributed by atoms with Crippen LogP contribution in [0.25, 0.3) is 0 Å². The monoisotopic (exact) mass is 369 g/mol. The van der Waals surface area contributed by atoms with Crippen LogP contribution in [0.5, 0.6) is 0 Å². The van der Waals surface area contributed by atoms with Gasteiger partial charge < -0.3 is 14.4 Å². The zero-order valence-corrected chi connectivity index (χ0v) is 18.3. The number of carbonyl (C=O) groups excluding carboxylic acids is 2. The van der Waals surface area contributed by atoms with Gasteiger partial charge >= 0.3 is 12.1 Å². The molecule has 0 aliphatic carbocycles. The second-order valence-corrected chi connectivity index (χ2v) is 9.92. The van der Waals surface area contributed by atoms with E-state index in [0.29, 0.717) is 25.9 Å². The minimum Gasteiger partial charge on any atom is -0.456 e. The number of hydrogen-bond acceptors (Lipinski definition) is 4. The molecule has 1 saturated heterocycles. The molecule has 1 rings (SSSR count). The Kier molecular flexibility index (Phi) is 6.81. The smallest absolute Gasteiger partial charge is 0.410 e. The topological polar surface area (TPSA) is 55.8 Å². The SMILES string of the molecule is CCCC(C)(C)OC(=O)N1CCC(OC(=O)C(C)(C)CC)(C(C)(C)C)C1. The first-order valence-electron chi connectivity index (χ1n) is 9.91. The fraction of sp³-hybridized carbons (Fsp3) is 0.905. The molecule has 0 aromatic heterocycles. The normalized spacial score (nSPS) is 21.7. The summed E-state index contributed by atoms with van der Waals surface area (Å²) in [6.45, 7) is 18.8. The van der Waals surface area contributed by atoms with E-state index in [1.165, 1.54) is 0 Å². The summed E-state index contributed by atoms with van der Waals surface area (Å²) in [5, 5.41) is 0. The van der Waals surface area contributed by atoms with Crippen LogP contribution in [0.2, 0.25) is 0 Å². The molecule has 0 bridgehead atoms. The highest BCUT2D eigenvalue weighted by Gasteiger charge is 2.53. The van der Waals surface area contributed by atoms with Crippen molar-refractivity contribution in [2.24, 2.45) is 10.8 Å². The fourth-order valence-corrected chi connectivity index (χ4v) is 3.20. The van der Waals surface area contributed by atoms with Crippen molar-refractivity contribution in [2.75, 3.05) is 13.1 Å². The lowest BCUT2D eigenvalue weighted by molar-refractivity contribution is -0.181. The molecule has 1 unspecified atom stereocenters. The van der Waals surface area contributed by atoms with E-state index in [1.807, 2.05) is 34.6 Å². The molecule has 0 saturated carbocycles. The average molecular weight is 370 g/mol. The number of hydrogen-bond donors (Lipinski definition) is 0. The van der Waals surface area contributed by atoms with Crippen molar-refractivity contribution < 1.29 is 19.1 Å². The second-order valence-electron chi connectivity index (χ2n) is 9.92. The highest BCUT2D eigenvalue weighted by Crippen LogP contribution is 2.43. The third kappa shape index (κ3) is 5.14. The number of ether oxygens (including phenoxy) is 2. The van der Waals surface area contributed by atoms with E-state index in [0.717, 1.165) is 12.8 Å². The van der Waals surface area contributed by atoms with Gasteiger partial charge in [-0.25, -0.2) is 4.79 Å². The molecule has 1 atom stereocenters. The molecule has 1 fully saturated rings. The average Bonchev–Trinajstić information content (AvgIpc) is 2.92. The van der Waals surface area contributed by atoms with Crippen LogP contribution in [0.4, 0.5) is 4.79 Å². The lowest BCUT2D eigenvalue weighted by Gasteiger charge is -2.42. The third-order valence-corrected chi connectivity index (χ3v) is 5.80. The predicted octanol–water partition coefficient (Wildman–Crippen LogP) is 5.17. The van der Waals surface area contributed by atoms with Crippen molar-refractivity contribution in [3.8, 4) is 0 Å². The van der Waals surface area contributed by atoms with Gasteiger partial charge in [-0.1, -0.05) is 41.0 Å². The summed E-state index contributed by atoms with van der Waals surface area (Å²) in [5.41, 5.74) is -1.99. The van der Waals surface area contributed by atoms with Crippen LogP contribution >= 0.6 is 0 Å². The summed E-state index contributed by atoms with van der Waals surface area (Å²) in [6.07, 6.45) is 2.79. The Balaban J connectivity index is 2.95. The fourth-order valence-electron chi connectivity index (χ4n) is 3.20. The molecular weight excluding hydrogens is 330 g/mol. The van der Waals surface area contributed by atoms with Crippen LogP contribution in [0, 0.1) is 10.8 Å². The van der Waals surface area contributed by atoms with Gasteiger partial charge in [0.1, 0.15) is 11.2 Å². The maximum absolute atomic E-state index is 12.7. The van der Waals surface area contributed by atoms with E-state index >= 15 is 0 Å². The third-order valence-electron chi connectivity index (χ3n) is 5.80. The Morgan fingerprint density at radius 2 is 1.62 bits per heavy atom. The summed E-state index contributed by atoms with van der Waals surface area (Å²) < 4.78 is 11.8. The van der Waals surface area contributed by atoms with Crippen LogP contribution in [0.3, 0.4) is 0 Å². The first-order valence-corrected chi connectivity index (χ1v) is 9.91. The van der Waals surface area contributed by atoms with Gasteiger partial charge in [0.15, 0.2) is 0 Å². The van der Waals surface area contributed by atoms with Gasteiger partial charge in [0.2, 0.25) is 0 Å². The van der Waals surface area contributed by atoms with Gasteiger partial charge in [-0.15, -0.1) is 0 Å². The van der Waals surface area contributed by atoms with Gasteiger partial charge in [0, 0.05) is 18.4 Å². The summed E-state index contributed by atoms with van der Waals surface area (Å²) in [4.78, 5) is 27.1. The van der Waals surface area contributed by atoms with E-state index in [1.54, 1.807) is 4.90 Å². The van der Waals surface area contributed by atoms with Gasteiger partial charge in [0.05, 0.1) is 12.0 Å². The van der Waals surface area contributed by atoms with Crippen LogP contribution in [0.15, 0.2) is 0 Å². The van der Waals surface area contributed by atoms with Gasteiger partial charge in [-0.2, -0.15) is 0 Å². The Morgan fingerprint density at radius 1 is 1.04 bits per heavy atom. The molecule has 0 aromatic carbocycles. The van der Waals surface area contributed by atoms with Crippen molar-refractivity contribution in [1.82, 2.24) is 4.90 Å². The largest absolute Gasteiger partial charge is 0.456 e. The van der Waals surface area contributed by atoms with Crippen LogP contribution in [-0.2, 0) is 14.3 Å². The quantitative estimate of drug-likeness (QED) is 0.606. The first-order chi connectivity index (χ1) is 11.7. The maximum Gasteiger partial charge on any atom is 0.410 e. The van der Waals surface area contributed by atoms with E-state index in [9.17, 15) is 9.59 Å². The Labute approximate surface area is 159 Å². The Morgan fingerprint density at radius 3 is 2.08 bits per heavy atom. The summed E-state index contributed by atoms with van der Waals surface area (Å²) in [5.74, 6) is -0.198. The van der Waals surface area contributed by atoms with Crippen LogP contribution in [-0.4, -0.2) is 41.3 Å². The highest BCUT2D eigenvalue weighted by atomic mass is 16.6. The molecule has 0 N–H and O–H groups in total. The molecule has 26 heavy (non-hydrogen) atoms. The standard InChI is InChI=1S/C21H39NO4/c1-10-12-20(8,9)26-17(24)22-14-13-21(15-22,18(3,4)5)25-16(23)19(6,7)11-2/h10-15H2,1-9H3. The molecule has 0 aromatic rings. The Bertz CT molecular complexity index is 519. The predicted molar refractivity (Wildman–Crippen MR) is 104 cm³/mol. The maximum atomic E-state index is 12.7. The van der Waals surface area contributed by atoms with Crippen LogP contribution < -0.4 is 0 Å². The molecule has 1 heterocycles. The molecule has 0 radical (unpaired) electrons. The summed E-state index contributed by atoms with van der Waals surface area (Å²) in [7, 11) is 0. The molecule has 1 amide bonds. The minimum absolute atomic E-state index is 0.198. The molecule has 152 valence electrons. The van der Waals surface area contributed by atoms with Gasteiger partial charge in [-0.3, -0.25) is 4.79 Å². The Hall–Kier alpha value is -1.26. The summed E-state index contributed by atoms with van der Waals surface area (Å²) >= 11 is 0. The molecule has 1 aliphatic rings. The number of rotatable bonds is 6. The lowest BCUT2D eigenvalue weighted by atomic mass is 9.75. The minimum atomic E-state index is -0.690. The van der Waals surface area contributed by atoms with Crippen molar-refractivity contribution in [3.63, 3.8) is 0 Å². The van der Waals surface area contributed by atoms with Crippen molar-refractivity contribution >= 4 is 12.1 Å². The van der Waals surface area contributed by atoms with Gasteiger partial charge in [0.25, 0.3) is 0 Å². The van der Waals surface area contributed by atoms with Gasteiger partial charge in [-0.05, 0) is 40.5 Å². The van der Waals surface area contributed by atoms with Crippen molar-refractivity contribution in [1.29, 1.82) is 0 Å².